The molecule has 0 aromatic heterocycles. The van der Waals surface area contributed by atoms with Crippen LogP contribution >= 0.6 is 0 Å². The predicted octanol–water partition coefficient (Wildman–Crippen LogP) is 0.0345. The Morgan fingerprint density at radius 3 is 2.65 bits per heavy atom. The third-order valence-corrected chi connectivity index (χ3v) is 5.81. The minimum Gasteiger partial charge on any atom is -0.339 e. The molecule has 114 valence electrons. The Bertz CT molecular complexity index is 489. The van der Waals surface area contributed by atoms with E-state index in [0.29, 0.717) is 25.9 Å². The summed E-state index contributed by atoms with van der Waals surface area (Å²) in [5.41, 5.74) is 0. The van der Waals surface area contributed by atoms with Crippen LogP contribution in [0.5, 0.6) is 0 Å². The summed E-state index contributed by atoms with van der Waals surface area (Å²) in [4.78, 5) is 27.7. The maximum absolute atomic E-state index is 12.5. The Balaban J connectivity index is 2.07. The molecule has 0 radical (unpaired) electrons. The first-order chi connectivity index (χ1) is 9.44. The molecule has 2 amide bonds. The van der Waals surface area contributed by atoms with Gasteiger partial charge in [0.15, 0.2) is 9.84 Å². The summed E-state index contributed by atoms with van der Waals surface area (Å²) in [7, 11) is -3.09. The van der Waals surface area contributed by atoms with E-state index in [4.69, 9.17) is 0 Å². The maximum Gasteiger partial charge on any atom is 0.245 e. The summed E-state index contributed by atoms with van der Waals surface area (Å²) in [6.07, 6.45) is 2.89. The molecule has 0 bridgehead atoms. The van der Waals surface area contributed by atoms with Crippen LogP contribution in [-0.2, 0) is 19.4 Å². The van der Waals surface area contributed by atoms with Crippen molar-refractivity contribution in [3.8, 4) is 0 Å². The van der Waals surface area contributed by atoms with E-state index in [1.165, 1.54) is 0 Å². The second kappa shape index (κ2) is 6.11. The molecule has 0 aromatic carbocycles. The van der Waals surface area contributed by atoms with Crippen LogP contribution in [0.2, 0.25) is 0 Å². The molecule has 0 aliphatic carbocycles. The zero-order valence-corrected chi connectivity index (χ0v) is 12.7. The average molecular weight is 302 g/mol. The largest absolute Gasteiger partial charge is 0.339 e. The van der Waals surface area contributed by atoms with Crippen molar-refractivity contribution >= 4 is 21.7 Å². The molecule has 0 N–H and O–H groups in total. The molecule has 2 aliphatic rings. The van der Waals surface area contributed by atoms with Gasteiger partial charge in [-0.15, -0.1) is 0 Å². The van der Waals surface area contributed by atoms with Crippen LogP contribution in [0.3, 0.4) is 0 Å². The fourth-order valence-corrected chi connectivity index (χ4v) is 3.58. The number of hydrogen-bond acceptors (Lipinski definition) is 4. The monoisotopic (exact) mass is 302 g/mol. The molecule has 2 rings (SSSR count). The number of fused-ring (bicyclic) bond motifs is 1. The Kier molecular flexibility index (Phi) is 4.67. The molecule has 20 heavy (non-hydrogen) atoms. The van der Waals surface area contributed by atoms with Crippen LogP contribution in [-0.4, -0.2) is 67.2 Å². The lowest BCUT2D eigenvalue weighted by atomic mass is 10.0. The topological polar surface area (TPSA) is 74.8 Å². The number of carbonyl (C=O) groups is 2. The van der Waals surface area contributed by atoms with Gasteiger partial charge in [-0.05, 0) is 19.3 Å². The fourth-order valence-electron chi connectivity index (χ4n) is 2.80. The molecule has 2 aliphatic heterocycles. The van der Waals surface area contributed by atoms with E-state index in [2.05, 4.69) is 0 Å². The molecule has 1 atom stereocenters. The Hall–Kier alpha value is -1.11. The molecule has 0 aromatic rings. The zero-order valence-electron chi connectivity index (χ0n) is 11.9. The minimum atomic E-state index is -3.09. The van der Waals surface area contributed by atoms with Gasteiger partial charge in [0.2, 0.25) is 11.8 Å². The first kappa shape index (κ1) is 15.3. The summed E-state index contributed by atoms with van der Waals surface area (Å²) >= 11 is 0. The summed E-state index contributed by atoms with van der Waals surface area (Å²) in [6, 6.07) is -0.372. The van der Waals surface area contributed by atoms with Crippen molar-refractivity contribution in [1.82, 2.24) is 9.80 Å². The molecular weight excluding hydrogens is 280 g/mol. The van der Waals surface area contributed by atoms with E-state index in [1.54, 1.807) is 16.7 Å². The molecule has 2 fully saturated rings. The van der Waals surface area contributed by atoms with Gasteiger partial charge >= 0.3 is 0 Å². The van der Waals surface area contributed by atoms with Crippen molar-refractivity contribution in [3.63, 3.8) is 0 Å². The van der Waals surface area contributed by atoms with Gasteiger partial charge in [-0.2, -0.15) is 0 Å². The molecule has 0 saturated carbocycles. The Morgan fingerprint density at radius 1 is 1.20 bits per heavy atom. The normalized spacial score (nSPS) is 24.6. The number of hydrogen-bond donors (Lipinski definition) is 0. The molecule has 2 saturated heterocycles. The van der Waals surface area contributed by atoms with Crippen molar-refractivity contribution in [2.24, 2.45) is 0 Å². The smallest absolute Gasteiger partial charge is 0.245 e. The molecule has 7 heteroatoms. The van der Waals surface area contributed by atoms with E-state index in [9.17, 15) is 18.0 Å². The third-order valence-electron chi connectivity index (χ3n) is 4.13. The van der Waals surface area contributed by atoms with Crippen molar-refractivity contribution in [2.75, 3.05) is 31.1 Å². The van der Waals surface area contributed by atoms with Crippen LogP contribution in [0.25, 0.3) is 0 Å². The second-order valence-corrected chi connectivity index (χ2v) is 7.88. The highest BCUT2D eigenvalue weighted by Crippen LogP contribution is 2.22. The lowest BCUT2D eigenvalue weighted by Crippen LogP contribution is -2.50. The summed E-state index contributed by atoms with van der Waals surface area (Å²) in [5, 5.41) is 0. The summed E-state index contributed by atoms with van der Waals surface area (Å²) in [5.74, 6) is 0.00499. The van der Waals surface area contributed by atoms with Gasteiger partial charge < -0.3 is 9.80 Å². The second-order valence-electron chi connectivity index (χ2n) is 5.41. The molecule has 2 heterocycles. The number of piperidine rings is 1. The first-order valence-corrected chi connectivity index (χ1v) is 9.05. The van der Waals surface area contributed by atoms with E-state index in [-0.39, 0.29) is 35.9 Å². The number of nitrogens with zero attached hydrogens (tertiary/aromatic N) is 2. The SMILES string of the molecule is CCS(=O)(=O)CCN1CCC(=O)N2CCCCC2C1=O. The maximum atomic E-state index is 12.5. The predicted molar refractivity (Wildman–Crippen MR) is 74.9 cm³/mol. The number of sulfone groups is 1. The summed E-state index contributed by atoms with van der Waals surface area (Å²) < 4.78 is 23.1. The average Bonchev–Trinajstić information content (AvgIpc) is 2.57. The highest BCUT2D eigenvalue weighted by molar-refractivity contribution is 7.91. The van der Waals surface area contributed by atoms with Gasteiger partial charge in [0.25, 0.3) is 0 Å². The van der Waals surface area contributed by atoms with Gasteiger partial charge in [0, 0.05) is 31.8 Å². The zero-order chi connectivity index (χ0) is 14.8. The van der Waals surface area contributed by atoms with E-state index >= 15 is 0 Å². The highest BCUT2D eigenvalue weighted by atomic mass is 32.2. The third kappa shape index (κ3) is 3.31. The van der Waals surface area contributed by atoms with Crippen LogP contribution < -0.4 is 0 Å². The number of amides is 2. The number of carbonyl (C=O) groups excluding carboxylic acids is 2. The summed E-state index contributed by atoms with van der Waals surface area (Å²) in [6.45, 7) is 2.79. The van der Waals surface area contributed by atoms with Gasteiger partial charge in [-0.25, -0.2) is 8.42 Å². The lowest BCUT2D eigenvalue weighted by molar-refractivity contribution is -0.143. The van der Waals surface area contributed by atoms with E-state index in [1.807, 2.05) is 0 Å². The molecular formula is C13H22N2O4S. The van der Waals surface area contributed by atoms with Crippen molar-refractivity contribution < 1.29 is 18.0 Å². The van der Waals surface area contributed by atoms with Crippen molar-refractivity contribution in [2.45, 2.75) is 38.6 Å². The van der Waals surface area contributed by atoms with Gasteiger partial charge in [0.1, 0.15) is 6.04 Å². The number of rotatable bonds is 4. The van der Waals surface area contributed by atoms with E-state index < -0.39 is 9.84 Å². The van der Waals surface area contributed by atoms with Crippen LogP contribution in [0.1, 0.15) is 32.6 Å². The fraction of sp³-hybridized carbons (Fsp3) is 0.846. The first-order valence-electron chi connectivity index (χ1n) is 7.23. The molecule has 1 unspecified atom stereocenters. The Labute approximate surface area is 120 Å². The minimum absolute atomic E-state index is 0.0175. The van der Waals surface area contributed by atoms with E-state index in [0.717, 1.165) is 12.8 Å². The van der Waals surface area contributed by atoms with Crippen LogP contribution in [0.15, 0.2) is 0 Å². The lowest BCUT2D eigenvalue weighted by Gasteiger charge is -2.34. The Morgan fingerprint density at radius 2 is 1.95 bits per heavy atom. The van der Waals surface area contributed by atoms with Gasteiger partial charge in [0.05, 0.1) is 5.75 Å². The highest BCUT2D eigenvalue weighted by Gasteiger charge is 2.37. The van der Waals surface area contributed by atoms with Gasteiger partial charge in [-0.1, -0.05) is 6.92 Å². The molecule has 0 spiro atoms. The standard InChI is InChI=1S/C13H22N2O4S/c1-2-20(18,19)10-9-14-8-6-12(16)15-7-4-3-5-11(15)13(14)17/h11H,2-10H2,1H3. The molecule has 6 nitrogen and oxygen atoms in total. The van der Waals surface area contributed by atoms with Crippen molar-refractivity contribution in [1.29, 1.82) is 0 Å². The van der Waals surface area contributed by atoms with Crippen LogP contribution in [0.4, 0.5) is 0 Å². The van der Waals surface area contributed by atoms with Crippen LogP contribution in [0, 0.1) is 0 Å². The quantitative estimate of drug-likeness (QED) is 0.734. The van der Waals surface area contributed by atoms with Crippen molar-refractivity contribution in [3.05, 3.63) is 0 Å². The van der Waals surface area contributed by atoms with Gasteiger partial charge in [-0.3, -0.25) is 9.59 Å².